The van der Waals surface area contributed by atoms with Crippen molar-refractivity contribution in [3.8, 4) is 0 Å². The Hall–Kier alpha value is -2.18. The summed E-state index contributed by atoms with van der Waals surface area (Å²) >= 11 is 11.7. The molecule has 0 saturated carbocycles. The van der Waals surface area contributed by atoms with Crippen LogP contribution in [0.25, 0.3) is 0 Å². The number of nitrogens with zero attached hydrogens (tertiary/aromatic N) is 1. The van der Waals surface area contributed by atoms with E-state index in [4.69, 9.17) is 23.2 Å². The van der Waals surface area contributed by atoms with Gasteiger partial charge in [-0.15, -0.1) is 0 Å². The third-order valence-corrected chi connectivity index (χ3v) is 3.45. The molecule has 0 aliphatic rings. The second-order valence-electron chi connectivity index (χ2n) is 4.34. The van der Waals surface area contributed by atoms with Crippen LogP contribution in [0.1, 0.15) is 15.9 Å². The van der Waals surface area contributed by atoms with E-state index in [0.29, 0.717) is 15.6 Å². The van der Waals surface area contributed by atoms with E-state index < -0.39 is 22.3 Å². The Bertz CT molecular complexity index is 753. The lowest BCUT2D eigenvalue weighted by Crippen LogP contribution is -2.23. The Kier molecular flexibility index (Phi) is 4.95. The van der Waals surface area contributed by atoms with Crippen molar-refractivity contribution >= 4 is 34.8 Å². The molecule has 0 aliphatic carbocycles. The van der Waals surface area contributed by atoms with E-state index in [0.717, 1.165) is 12.1 Å². The molecule has 0 aromatic heterocycles. The van der Waals surface area contributed by atoms with Gasteiger partial charge in [-0.05, 0) is 29.8 Å². The molecule has 0 unspecified atom stereocenters. The van der Waals surface area contributed by atoms with Gasteiger partial charge in [0.1, 0.15) is 0 Å². The van der Waals surface area contributed by atoms with Crippen molar-refractivity contribution < 1.29 is 14.1 Å². The summed E-state index contributed by atoms with van der Waals surface area (Å²) < 4.78 is 13.2. The smallest absolute Gasteiger partial charge is 0.305 e. The van der Waals surface area contributed by atoms with Crippen LogP contribution in [-0.4, -0.2) is 10.8 Å². The number of benzene rings is 2. The molecule has 2 rings (SSSR count). The Morgan fingerprint density at radius 1 is 1.23 bits per heavy atom. The van der Waals surface area contributed by atoms with Gasteiger partial charge in [0.15, 0.2) is 0 Å². The summed E-state index contributed by atoms with van der Waals surface area (Å²) in [6.07, 6.45) is 0. The average Bonchev–Trinajstić information content (AvgIpc) is 2.46. The molecular weight excluding hydrogens is 334 g/mol. The number of hydrogen-bond donors (Lipinski definition) is 1. The van der Waals surface area contributed by atoms with E-state index in [1.807, 2.05) is 0 Å². The van der Waals surface area contributed by atoms with Crippen molar-refractivity contribution in [2.75, 3.05) is 0 Å². The average molecular weight is 343 g/mol. The molecule has 5 nitrogen and oxygen atoms in total. The topological polar surface area (TPSA) is 72.2 Å². The first-order chi connectivity index (χ1) is 10.4. The number of halogens is 3. The molecule has 0 radical (unpaired) electrons. The van der Waals surface area contributed by atoms with E-state index >= 15 is 0 Å². The molecule has 0 spiro atoms. The van der Waals surface area contributed by atoms with Crippen LogP contribution in [0.2, 0.25) is 10.0 Å². The number of nitrogens with one attached hydrogen (secondary N) is 1. The maximum atomic E-state index is 13.2. The Morgan fingerprint density at radius 2 is 1.95 bits per heavy atom. The van der Waals surface area contributed by atoms with Crippen LogP contribution in [0.5, 0.6) is 0 Å². The fourth-order valence-electron chi connectivity index (χ4n) is 1.74. The van der Waals surface area contributed by atoms with Crippen LogP contribution >= 0.6 is 23.2 Å². The summed E-state index contributed by atoms with van der Waals surface area (Å²) in [5.41, 5.74) is -0.133. The highest BCUT2D eigenvalue weighted by Crippen LogP contribution is 2.21. The lowest BCUT2D eigenvalue weighted by molar-refractivity contribution is -0.387. The third kappa shape index (κ3) is 3.72. The molecule has 1 amide bonds. The molecule has 2 aromatic carbocycles. The largest absolute Gasteiger partial charge is 0.348 e. The second kappa shape index (κ2) is 6.72. The molecule has 0 bridgehead atoms. The molecule has 0 atom stereocenters. The van der Waals surface area contributed by atoms with E-state index in [1.54, 1.807) is 12.1 Å². The minimum atomic E-state index is -0.998. The third-order valence-electron chi connectivity index (χ3n) is 2.86. The lowest BCUT2D eigenvalue weighted by atomic mass is 10.1. The normalized spacial score (nSPS) is 10.3. The maximum Gasteiger partial charge on any atom is 0.305 e. The molecular formula is C14H9Cl2FN2O3. The SMILES string of the molecule is O=C(NCc1ccc(Cl)cc1Cl)c1ccc(F)c([N+](=O)[O-])c1. The van der Waals surface area contributed by atoms with Gasteiger partial charge in [-0.1, -0.05) is 29.3 Å². The fraction of sp³-hybridized carbons (Fsp3) is 0.0714. The van der Waals surface area contributed by atoms with Gasteiger partial charge in [0.2, 0.25) is 5.82 Å². The minimum Gasteiger partial charge on any atom is -0.348 e. The number of rotatable bonds is 4. The van der Waals surface area contributed by atoms with Crippen molar-refractivity contribution in [2.45, 2.75) is 6.54 Å². The van der Waals surface area contributed by atoms with E-state index in [1.165, 1.54) is 12.1 Å². The predicted octanol–water partition coefficient (Wildman–Crippen LogP) is 3.97. The van der Waals surface area contributed by atoms with Gasteiger partial charge in [-0.25, -0.2) is 0 Å². The first kappa shape index (κ1) is 16.2. The summed E-state index contributed by atoms with van der Waals surface area (Å²) in [6.45, 7) is 0.111. The van der Waals surface area contributed by atoms with Gasteiger partial charge in [0, 0.05) is 28.2 Å². The maximum absolute atomic E-state index is 13.2. The van der Waals surface area contributed by atoms with Crippen molar-refractivity contribution in [3.05, 3.63) is 73.5 Å². The number of amides is 1. The molecule has 22 heavy (non-hydrogen) atoms. The standard InChI is InChI=1S/C14H9Cl2FN2O3/c15-10-3-1-9(11(16)6-10)7-18-14(20)8-2-4-12(17)13(5-8)19(21)22/h1-6H,7H2,(H,18,20). The molecule has 1 N–H and O–H groups in total. The highest BCUT2D eigenvalue weighted by Gasteiger charge is 2.17. The first-order valence-electron chi connectivity index (χ1n) is 6.04. The van der Waals surface area contributed by atoms with E-state index in [9.17, 15) is 19.3 Å². The molecule has 0 saturated heterocycles. The van der Waals surface area contributed by atoms with Crippen LogP contribution in [-0.2, 0) is 6.54 Å². The Morgan fingerprint density at radius 3 is 2.59 bits per heavy atom. The Labute approximate surface area is 134 Å². The highest BCUT2D eigenvalue weighted by molar-refractivity contribution is 6.35. The number of carbonyl (C=O) groups is 1. The number of hydrogen-bond acceptors (Lipinski definition) is 3. The quantitative estimate of drug-likeness (QED) is 0.674. The number of carbonyl (C=O) groups excluding carboxylic acids is 1. The number of nitro groups is 1. The van der Waals surface area contributed by atoms with Crippen molar-refractivity contribution in [2.24, 2.45) is 0 Å². The van der Waals surface area contributed by atoms with Gasteiger partial charge in [-0.2, -0.15) is 4.39 Å². The van der Waals surface area contributed by atoms with Crippen LogP contribution in [0.3, 0.4) is 0 Å². The van der Waals surface area contributed by atoms with E-state index in [-0.39, 0.29) is 12.1 Å². The summed E-state index contributed by atoms with van der Waals surface area (Å²) in [5, 5.41) is 14.1. The second-order valence-corrected chi connectivity index (χ2v) is 5.19. The zero-order chi connectivity index (χ0) is 16.3. The zero-order valence-corrected chi connectivity index (χ0v) is 12.5. The summed E-state index contributed by atoms with van der Waals surface area (Å²) in [5.74, 6) is -1.57. The van der Waals surface area contributed by atoms with E-state index in [2.05, 4.69) is 5.32 Å². The van der Waals surface area contributed by atoms with Crippen LogP contribution in [0.4, 0.5) is 10.1 Å². The molecule has 114 valence electrons. The van der Waals surface area contributed by atoms with Gasteiger partial charge in [0.05, 0.1) is 4.92 Å². The van der Waals surface area contributed by atoms with Gasteiger partial charge >= 0.3 is 5.69 Å². The monoisotopic (exact) mass is 342 g/mol. The fourth-order valence-corrected chi connectivity index (χ4v) is 2.21. The summed E-state index contributed by atoms with van der Waals surface area (Å²) in [7, 11) is 0. The predicted molar refractivity (Wildman–Crippen MR) is 80.7 cm³/mol. The number of nitro benzene ring substituents is 1. The van der Waals surface area contributed by atoms with Crippen LogP contribution in [0.15, 0.2) is 36.4 Å². The zero-order valence-electron chi connectivity index (χ0n) is 11.0. The first-order valence-corrected chi connectivity index (χ1v) is 6.80. The lowest BCUT2D eigenvalue weighted by Gasteiger charge is -2.07. The van der Waals surface area contributed by atoms with Crippen LogP contribution in [0, 0.1) is 15.9 Å². The molecule has 2 aromatic rings. The Balaban J connectivity index is 2.12. The van der Waals surface area contributed by atoms with Crippen LogP contribution < -0.4 is 5.32 Å². The van der Waals surface area contributed by atoms with Crippen molar-refractivity contribution in [1.82, 2.24) is 5.32 Å². The van der Waals surface area contributed by atoms with Gasteiger partial charge < -0.3 is 5.32 Å². The summed E-state index contributed by atoms with van der Waals surface area (Å²) in [6, 6.07) is 7.74. The summed E-state index contributed by atoms with van der Waals surface area (Å²) in [4.78, 5) is 21.7. The molecule has 0 fully saturated rings. The minimum absolute atomic E-state index is 0.0156. The molecule has 0 aliphatic heterocycles. The van der Waals surface area contributed by atoms with Crippen molar-refractivity contribution in [1.29, 1.82) is 0 Å². The molecule has 0 heterocycles. The van der Waals surface area contributed by atoms with Gasteiger partial charge in [-0.3, -0.25) is 14.9 Å². The van der Waals surface area contributed by atoms with Crippen molar-refractivity contribution in [3.63, 3.8) is 0 Å². The highest BCUT2D eigenvalue weighted by atomic mass is 35.5. The van der Waals surface area contributed by atoms with Gasteiger partial charge in [0.25, 0.3) is 5.91 Å². The molecule has 8 heteroatoms.